The van der Waals surface area contributed by atoms with E-state index in [1.165, 1.54) is 30.0 Å². The maximum Gasteiger partial charge on any atom is 0.173 e. The molecule has 0 fully saturated rings. The van der Waals surface area contributed by atoms with Crippen molar-refractivity contribution in [3.8, 4) is 11.4 Å². The second kappa shape index (κ2) is 9.76. The monoisotopic (exact) mass is 497 g/mol. The minimum absolute atomic E-state index is 0.0633. The first-order valence-corrected chi connectivity index (χ1v) is 12.3. The molecule has 1 aliphatic carbocycles. The lowest BCUT2D eigenvalue weighted by Gasteiger charge is -2.25. The van der Waals surface area contributed by atoms with E-state index in [2.05, 4.69) is 9.55 Å². The largest absolute Gasteiger partial charge is 0.495 e. The molecule has 0 saturated carbocycles. The zero-order valence-corrected chi connectivity index (χ0v) is 20.0. The van der Waals surface area contributed by atoms with Crippen molar-refractivity contribution in [2.24, 2.45) is 0 Å². The number of benzene rings is 2. The van der Waals surface area contributed by atoms with Crippen LogP contribution in [-0.2, 0) is 12.2 Å². The number of rotatable bonds is 6. The third kappa shape index (κ3) is 4.42. The number of hydrogen-bond acceptors (Lipinski definition) is 4. The summed E-state index contributed by atoms with van der Waals surface area (Å²) in [7, 11) is 1.60. The van der Waals surface area contributed by atoms with Gasteiger partial charge in [-0.25, -0.2) is 13.8 Å². The minimum Gasteiger partial charge on any atom is -0.495 e. The van der Waals surface area contributed by atoms with Gasteiger partial charge in [-0.3, -0.25) is 9.55 Å². The molecule has 1 aliphatic rings. The van der Waals surface area contributed by atoms with E-state index in [9.17, 15) is 8.78 Å². The number of fused-ring (bicyclic) bond motifs is 1. The molecule has 2 aromatic heterocycles. The Morgan fingerprint density at radius 3 is 2.74 bits per heavy atom. The number of halogens is 3. The highest BCUT2D eigenvalue weighted by molar-refractivity contribution is 7.98. The lowest BCUT2D eigenvalue weighted by Crippen LogP contribution is -2.15. The number of hydrogen-bond donors (Lipinski definition) is 0. The first kappa shape index (κ1) is 22.9. The number of methoxy groups -OCH3 is 1. The lowest BCUT2D eigenvalue weighted by molar-refractivity contribution is 0.414. The molecule has 34 heavy (non-hydrogen) atoms. The van der Waals surface area contributed by atoms with Crippen LogP contribution in [0.2, 0.25) is 5.02 Å². The van der Waals surface area contributed by atoms with Crippen molar-refractivity contribution in [2.45, 2.75) is 36.1 Å². The van der Waals surface area contributed by atoms with Gasteiger partial charge in [-0.15, -0.1) is 0 Å². The van der Waals surface area contributed by atoms with Crippen molar-refractivity contribution in [3.63, 3.8) is 0 Å². The third-order valence-electron chi connectivity index (χ3n) is 6.03. The van der Waals surface area contributed by atoms with Crippen molar-refractivity contribution >= 4 is 23.4 Å². The summed E-state index contributed by atoms with van der Waals surface area (Å²) in [5.41, 5.74) is 4.33. The van der Waals surface area contributed by atoms with E-state index >= 15 is 0 Å². The number of ether oxygens (including phenoxy) is 1. The van der Waals surface area contributed by atoms with Gasteiger partial charge in [-0.05, 0) is 73.4 Å². The number of aryl methyl sites for hydroxylation is 1. The fourth-order valence-corrected chi connectivity index (χ4v) is 5.60. The van der Waals surface area contributed by atoms with E-state index in [-0.39, 0.29) is 17.6 Å². The molecule has 8 heteroatoms. The van der Waals surface area contributed by atoms with Crippen molar-refractivity contribution in [3.05, 3.63) is 100 Å². The molecule has 2 aromatic carbocycles. The zero-order valence-electron chi connectivity index (χ0n) is 18.5. The fourth-order valence-electron chi connectivity index (χ4n) is 4.42. The van der Waals surface area contributed by atoms with Crippen LogP contribution >= 0.6 is 23.4 Å². The molecular formula is C26H22ClF2N3OS. The normalized spacial score (nSPS) is 15.2. The molecule has 0 bridgehead atoms. The SMILES string of the molecule is COc1cc(C2CCCc3nc(SCc4ncccc4F)n(-c4ccc(F)cc4)c32)ccc1Cl. The molecule has 0 saturated heterocycles. The van der Waals surface area contributed by atoms with Crippen LogP contribution in [0.4, 0.5) is 8.78 Å². The van der Waals surface area contributed by atoms with Crippen LogP contribution in [-0.4, -0.2) is 21.6 Å². The van der Waals surface area contributed by atoms with Crippen LogP contribution in [0.15, 0.2) is 66.0 Å². The molecule has 0 aliphatic heterocycles. The molecule has 174 valence electrons. The Labute approximate surface area is 206 Å². The summed E-state index contributed by atoms with van der Waals surface area (Å²) in [5, 5.41) is 1.29. The van der Waals surface area contributed by atoms with Gasteiger partial charge in [0, 0.05) is 23.6 Å². The average Bonchev–Trinajstić information content (AvgIpc) is 3.23. The van der Waals surface area contributed by atoms with E-state index in [4.69, 9.17) is 21.3 Å². The molecule has 4 nitrogen and oxygen atoms in total. The van der Waals surface area contributed by atoms with E-state index in [0.717, 1.165) is 47.1 Å². The van der Waals surface area contributed by atoms with Crippen molar-refractivity contribution in [2.75, 3.05) is 7.11 Å². The maximum absolute atomic E-state index is 14.2. The first-order valence-electron chi connectivity index (χ1n) is 11.0. The predicted octanol–water partition coefficient (Wildman–Crippen LogP) is 6.97. The van der Waals surface area contributed by atoms with Gasteiger partial charge in [0.15, 0.2) is 5.16 Å². The Kier molecular flexibility index (Phi) is 6.57. The van der Waals surface area contributed by atoms with Crippen LogP contribution in [0, 0.1) is 11.6 Å². The van der Waals surface area contributed by atoms with Gasteiger partial charge in [-0.1, -0.05) is 29.4 Å². The molecule has 0 N–H and O–H groups in total. The Hall–Kier alpha value is -2.90. The molecule has 1 unspecified atom stereocenters. The molecule has 0 radical (unpaired) electrons. The van der Waals surface area contributed by atoms with Gasteiger partial charge < -0.3 is 4.74 Å². The van der Waals surface area contributed by atoms with Gasteiger partial charge in [0.2, 0.25) is 0 Å². The van der Waals surface area contributed by atoms with Crippen LogP contribution in [0.1, 0.15) is 41.4 Å². The van der Waals surface area contributed by atoms with Crippen molar-refractivity contribution in [1.29, 1.82) is 0 Å². The van der Waals surface area contributed by atoms with Gasteiger partial charge in [0.1, 0.15) is 17.4 Å². The topological polar surface area (TPSA) is 39.9 Å². The molecule has 2 heterocycles. The number of nitrogens with zero attached hydrogens (tertiary/aromatic N) is 3. The number of pyridine rings is 1. The number of imidazole rings is 1. The van der Waals surface area contributed by atoms with Crippen molar-refractivity contribution < 1.29 is 13.5 Å². The summed E-state index contributed by atoms with van der Waals surface area (Å²) in [4.78, 5) is 9.13. The predicted molar refractivity (Wildman–Crippen MR) is 130 cm³/mol. The summed E-state index contributed by atoms with van der Waals surface area (Å²) in [5.74, 6) is 0.378. The van der Waals surface area contributed by atoms with Crippen LogP contribution < -0.4 is 4.74 Å². The highest BCUT2D eigenvalue weighted by Gasteiger charge is 2.30. The third-order valence-corrected chi connectivity index (χ3v) is 7.29. The van der Waals surface area contributed by atoms with E-state index < -0.39 is 0 Å². The molecule has 5 rings (SSSR count). The summed E-state index contributed by atoms with van der Waals surface area (Å²) in [6, 6.07) is 15.2. The standard InChI is InChI=1S/C26H22ClF2N3OS/c1-33-24-14-16(7-12-20(24)27)19-4-2-6-22-25(19)32(18-10-8-17(28)9-11-18)26(31-22)34-15-23-21(29)5-3-13-30-23/h3,5,7-14,19H,2,4,6,15H2,1H3. The highest BCUT2D eigenvalue weighted by Crippen LogP contribution is 2.42. The minimum atomic E-state index is -0.342. The molecule has 0 spiro atoms. The second-order valence-corrected chi connectivity index (χ2v) is 9.45. The Morgan fingerprint density at radius 2 is 1.97 bits per heavy atom. The van der Waals surface area contributed by atoms with Gasteiger partial charge in [0.25, 0.3) is 0 Å². The van der Waals surface area contributed by atoms with Crippen molar-refractivity contribution in [1.82, 2.24) is 14.5 Å². The van der Waals surface area contributed by atoms with E-state index in [0.29, 0.717) is 22.2 Å². The molecule has 1 atom stereocenters. The summed E-state index contributed by atoms with van der Waals surface area (Å²) < 4.78 is 35.5. The quantitative estimate of drug-likeness (QED) is 0.270. The zero-order chi connectivity index (χ0) is 23.7. The number of aromatic nitrogens is 3. The highest BCUT2D eigenvalue weighted by atomic mass is 35.5. The molecule has 4 aromatic rings. The summed E-state index contributed by atoms with van der Waals surface area (Å²) in [6.45, 7) is 0. The maximum atomic E-state index is 14.2. The van der Waals surface area contributed by atoms with Gasteiger partial charge in [-0.2, -0.15) is 0 Å². The smallest absolute Gasteiger partial charge is 0.173 e. The number of thioether (sulfide) groups is 1. The molecule has 0 amide bonds. The lowest BCUT2D eigenvalue weighted by atomic mass is 9.84. The fraction of sp³-hybridized carbons (Fsp3) is 0.231. The summed E-state index contributed by atoms with van der Waals surface area (Å²) in [6.07, 6.45) is 4.35. The van der Waals surface area contributed by atoms with Crippen LogP contribution in [0.25, 0.3) is 5.69 Å². The Morgan fingerprint density at radius 1 is 1.15 bits per heavy atom. The first-order chi connectivity index (χ1) is 16.5. The second-order valence-electron chi connectivity index (χ2n) is 8.10. The average molecular weight is 498 g/mol. The van der Waals surface area contributed by atoms with Crippen LogP contribution in [0.5, 0.6) is 5.75 Å². The van der Waals surface area contributed by atoms with E-state index in [1.807, 2.05) is 18.2 Å². The Balaban J connectivity index is 1.61. The summed E-state index contributed by atoms with van der Waals surface area (Å²) >= 11 is 7.70. The Bertz CT molecular complexity index is 1330. The van der Waals surface area contributed by atoms with E-state index in [1.54, 1.807) is 31.5 Å². The van der Waals surface area contributed by atoms with Gasteiger partial charge in [0.05, 0.1) is 29.2 Å². The van der Waals surface area contributed by atoms with Gasteiger partial charge >= 0.3 is 0 Å². The van der Waals surface area contributed by atoms with Crippen LogP contribution in [0.3, 0.4) is 0 Å². The molecular weight excluding hydrogens is 476 g/mol.